The van der Waals surface area contributed by atoms with E-state index in [2.05, 4.69) is 34.0 Å². The predicted octanol–water partition coefficient (Wildman–Crippen LogP) is 2.85. The molecule has 1 aliphatic heterocycles. The molecule has 1 aliphatic rings. The van der Waals surface area contributed by atoms with E-state index in [0.29, 0.717) is 6.10 Å². The van der Waals surface area contributed by atoms with Crippen molar-refractivity contribution in [1.29, 1.82) is 0 Å². The van der Waals surface area contributed by atoms with E-state index in [4.69, 9.17) is 10.5 Å². The lowest BCUT2D eigenvalue weighted by Crippen LogP contribution is -2.13. The molecule has 0 aromatic heterocycles. The second kappa shape index (κ2) is 5.72. The van der Waals surface area contributed by atoms with E-state index < -0.39 is 0 Å². The topological polar surface area (TPSA) is 47.3 Å². The lowest BCUT2D eigenvalue weighted by molar-refractivity contribution is 0.107. The maximum Gasteiger partial charge on any atom is 0.0592 e. The van der Waals surface area contributed by atoms with Gasteiger partial charge in [-0.25, -0.2) is 0 Å². The largest absolute Gasteiger partial charge is 0.397 e. The summed E-state index contributed by atoms with van der Waals surface area (Å²) in [7, 11) is 0. The minimum Gasteiger partial charge on any atom is -0.397 e. The van der Waals surface area contributed by atoms with Gasteiger partial charge in [-0.05, 0) is 60.1 Å². The molecule has 1 unspecified atom stereocenters. The minimum absolute atomic E-state index is 0.442. The van der Waals surface area contributed by atoms with Crippen LogP contribution in [-0.4, -0.2) is 19.3 Å². The molecule has 0 spiro atoms. The van der Waals surface area contributed by atoms with Crippen molar-refractivity contribution in [1.82, 2.24) is 0 Å². The molecular weight excluding hydrogens is 315 g/mol. The molecule has 16 heavy (non-hydrogen) atoms. The standard InChI is InChI=1S/C12H17IN2O/c13-9-3-4-12(11(14)8-9)15-6-5-10-2-1-7-16-10/h3-4,8,10,15H,1-2,5-7,14H2. The van der Waals surface area contributed by atoms with Gasteiger partial charge in [-0.15, -0.1) is 0 Å². The van der Waals surface area contributed by atoms with Crippen LogP contribution < -0.4 is 11.1 Å². The molecule has 3 nitrogen and oxygen atoms in total. The third-order valence-corrected chi connectivity index (χ3v) is 3.49. The second-order valence-corrected chi connectivity index (χ2v) is 5.33. The highest BCUT2D eigenvalue weighted by Gasteiger charge is 2.14. The summed E-state index contributed by atoms with van der Waals surface area (Å²) in [5.41, 5.74) is 7.76. The Labute approximate surface area is 110 Å². The Morgan fingerprint density at radius 1 is 1.50 bits per heavy atom. The number of hydrogen-bond acceptors (Lipinski definition) is 3. The number of benzene rings is 1. The SMILES string of the molecule is Nc1cc(I)ccc1NCCC1CCCO1. The van der Waals surface area contributed by atoms with E-state index in [-0.39, 0.29) is 0 Å². The van der Waals surface area contributed by atoms with Crippen molar-refractivity contribution in [2.45, 2.75) is 25.4 Å². The van der Waals surface area contributed by atoms with Gasteiger partial charge in [0.25, 0.3) is 0 Å². The van der Waals surface area contributed by atoms with E-state index in [9.17, 15) is 0 Å². The van der Waals surface area contributed by atoms with Crippen LogP contribution in [0.5, 0.6) is 0 Å². The summed E-state index contributed by atoms with van der Waals surface area (Å²) in [6, 6.07) is 6.08. The molecule has 0 aliphatic carbocycles. The summed E-state index contributed by atoms with van der Waals surface area (Å²) in [5.74, 6) is 0. The summed E-state index contributed by atoms with van der Waals surface area (Å²) in [5, 5.41) is 3.36. The Morgan fingerprint density at radius 3 is 3.06 bits per heavy atom. The maximum absolute atomic E-state index is 5.92. The number of ether oxygens (including phenoxy) is 1. The number of halogens is 1. The van der Waals surface area contributed by atoms with Gasteiger partial charge < -0.3 is 15.8 Å². The quantitative estimate of drug-likeness (QED) is 0.658. The van der Waals surface area contributed by atoms with Crippen LogP contribution in [0.3, 0.4) is 0 Å². The molecular formula is C12H17IN2O. The number of nitrogen functional groups attached to an aromatic ring is 1. The average molecular weight is 332 g/mol. The molecule has 1 aromatic carbocycles. The minimum atomic E-state index is 0.442. The summed E-state index contributed by atoms with van der Waals surface area (Å²) < 4.78 is 6.73. The summed E-state index contributed by atoms with van der Waals surface area (Å²) in [6.45, 7) is 1.85. The van der Waals surface area contributed by atoms with Crippen LogP contribution in [0.1, 0.15) is 19.3 Å². The first-order chi connectivity index (χ1) is 7.75. The molecule has 0 saturated carbocycles. The molecule has 1 fully saturated rings. The van der Waals surface area contributed by atoms with Gasteiger partial charge in [-0.1, -0.05) is 0 Å². The Morgan fingerprint density at radius 2 is 2.38 bits per heavy atom. The highest BCUT2D eigenvalue weighted by molar-refractivity contribution is 14.1. The fourth-order valence-electron chi connectivity index (χ4n) is 1.93. The van der Waals surface area contributed by atoms with Crippen molar-refractivity contribution in [2.75, 3.05) is 24.2 Å². The van der Waals surface area contributed by atoms with Crippen molar-refractivity contribution in [3.05, 3.63) is 21.8 Å². The molecule has 1 saturated heterocycles. The Kier molecular flexibility index (Phi) is 4.29. The molecule has 3 N–H and O–H groups in total. The van der Waals surface area contributed by atoms with Gasteiger partial charge in [0.1, 0.15) is 0 Å². The van der Waals surface area contributed by atoms with Crippen LogP contribution in [0.15, 0.2) is 18.2 Å². The van der Waals surface area contributed by atoms with Gasteiger partial charge in [0.05, 0.1) is 17.5 Å². The van der Waals surface area contributed by atoms with Gasteiger partial charge >= 0.3 is 0 Å². The van der Waals surface area contributed by atoms with Crippen LogP contribution in [-0.2, 0) is 4.74 Å². The highest BCUT2D eigenvalue weighted by Crippen LogP contribution is 2.21. The monoisotopic (exact) mass is 332 g/mol. The highest BCUT2D eigenvalue weighted by atomic mass is 127. The predicted molar refractivity (Wildman–Crippen MR) is 75.7 cm³/mol. The molecule has 0 bridgehead atoms. The zero-order chi connectivity index (χ0) is 11.4. The smallest absolute Gasteiger partial charge is 0.0592 e. The zero-order valence-electron chi connectivity index (χ0n) is 9.21. The van der Waals surface area contributed by atoms with E-state index in [1.54, 1.807) is 0 Å². The van der Waals surface area contributed by atoms with Gasteiger partial charge in [0.15, 0.2) is 0 Å². The number of nitrogens with two attached hydrogens (primary N) is 1. The molecule has 1 atom stereocenters. The molecule has 0 amide bonds. The van der Waals surface area contributed by atoms with Gasteiger partial charge in [0, 0.05) is 16.7 Å². The van der Waals surface area contributed by atoms with Crippen LogP contribution >= 0.6 is 22.6 Å². The first kappa shape index (κ1) is 12.0. The number of hydrogen-bond donors (Lipinski definition) is 2. The lowest BCUT2D eigenvalue weighted by atomic mass is 10.2. The van der Waals surface area contributed by atoms with E-state index in [0.717, 1.165) is 30.9 Å². The molecule has 4 heteroatoms. The maximum atomic E-state index is 5.92. The summed E-state index contributed by atoms with van der Waals surface area (Å²) >= 11 is 2.26. The third kappa shape index (κ3) is 3.25. The zero-order valence-corrected chi connectivity index (χ0v) is 11.4. The number of rotatable bonds is 4. The molecule has 1 aromatic rings. The van der Waals surface area contributed by atoms with Crippen molar-refractivity contribution in [3.8, 4) is 0 Å². The van der Waals surface area contributed by atoms with Gasteiger partial charge in [-0.3, -0.25) is 0 Å². The molecule has 0 radical (unpaired) electrons. The van der Waals surface area contributed by atoms with Crippen molar-refractivity contribution in [3.63, 3.8) is 0 Å². The first-order valence-corrected chi connectivity index (χ1v) is 6.74. The Hall–Kier alpha value is -0.490. The van der Waals surface area contributed by atoms with E-state index in [1.165, 1.54) is 16.4 Å². The van der Waals surface area contributed by atoms with Gasteiger partial charge in [-0.2, -0.15) is 0 Å². The lowest BCUT2D eigenvalue weighted by Gasteiger charge is -2.12. The van der Waals surface area contributed by atoms with Crippen LogP contribution in [0.2, 0.25) is 0 Å². The first-order valence-electron chi connectivity index (χ1n) is 5.66. The number of anilines is 2. The summed E-state index contributed by atoms with van der Waals surface area (Å²) in [6.07, 6.45) is 3.91. The number of nitrogens with one attached hydrogen (secondary N) is 1. The normalized spacial score (nSPS) is 19.9. The van der Waals surface area contributed by atoms with Crippen LogP contribution in [0.25, 0.3) is 0 Å². The van der Waals surface area contributed by atoms with Crippen molar-refractivity contribution in [2.24, 2.45) is 0 Å². The Balaban J connectivity index is 1.80. The van der Waals surface area contributed by atoms with E-state index >= 15 is 0 Å². The molecule has 88 valence electrons. The van der Waals surface area contributed by atoms with Crippen molar-refractivity contribution >= 4 is 34.0 Å². The molecule has 1 heterocycles. The Bertz CT molecular complexity index is 351. The fraction of sp³-hybridized carbons (Fsp3) is 0.500. The van der Waals surface area contributed by atoms with Crippen LogP contribution in [0, 0.1) is 3.57 Å². The van der Waals surface area contributed by atoms with Crippen LogP contribution in [0.4, 0.5) is 11.4 Å². The molecule has 2 rings (SSSR count). The third-order valence-electron chi connectivity index (χ3n) is 2.82. The summed E-state index contributed by atoms with van der Waals surface area (Å²) in [4.78, 5) is 0. The van der Waals surface area contributed by atoms with Crippen molar-refractivity contribution < 1.29 is 4.74 Å². The second-order valence-electron chi connectivity index (χ2n) is 4.08. The van der Waals surface area contributed by atoms with E-state index in [1.807, 2.05) is 12.1 Å². The average Bonchev–Trinajstić information content (AvgIpc) is 2.74. The fourth-order valence-corrected chi connectivity index (χ4v) is 2.45. The van der Waals surface area contributed by atoms with Gasteiger partial charge in [0.2, 0.25) is 0 Å².